The Morgan fingerprint density at radius 2 is 2.21 bits per heavy atom. The second-order valence-electron chi connectivity index (χ2n) is 4.07. The minimum atomic E-state index is -0.00449. The summed E-state index contributed by atoms with van der Waals surface area (Å²) in [5.74, 6) is 0.185. The zero-order valence-corrected chi connectivity index (χ0v) is 11.3. The lowest BCUT2D eigenvalue weighted by Crippen LogP contribution is -2.14. The summed E-state index contributed by atoms with van der Waals surface area (Å²) in [6.45, 7) is 1.87. The zero-order valence-electron chi connectivity index (χ0n) is 10.5. The average Bonchev–Trinajstić information content (AvgIpc) is 2.84. The van der Waals surface area contributed by atoms with Crippen LogP contribution in [-0.2, 0) is 0 Å². The van der Waals surface area contributed by atoms with Gasteiger partial charge in [0, 0.05) is 11.7 Å². The molecule has 100 valence electrons. The summed E-state index contributed by atoms with van der Waals surface area (Å²) in [5, 5.41) is 12.3. The lowest BCUT2D eigenvalue weighted by Gasteiger charge is -2.14. The van der Waals surface area contributed by atoms with Crippen molar-refractivity contribution in [3.8, 4) is 0 Å². The van der Waals surface area contributed by atoms with E-state index < -0.39 is 0 Å². The highest BCUT2D eigenvalue weighted by atomic mass is 32.2. The molecule has 0 fully saturated rings. The lowest BCUT2D eigenvalue weighted by atomic mass is 10.1. The van der Waals surface area contributed by atoms with Crippen molar-refractivity contribution >= 4 is 17.6 Å². The molecule has 0 saturated carbocycles. The van der Waals surface area contributed by atoms with Crippen LogP contribution in [0.2, 0.25) is 0 Å². The summed E-state index contributed by atoms with van der Waals surface area (Å²) in [7, 11) is 0. The highest BCUT2D eigenvalue weighted by Crippen LogP contribution is 2.37. The van der Waals surface area contributed by atoms with Crippen LogP contribution in [0.4, 0.5) is 0 Å². The van der Waals surface area contributed by atoms with Crippen molar-refractivity contribution in [3.63, 3.8) is 0 Å². The summed E-state index contributed by atoms with van der Waals surface area (Å²) in [5.41, 5.74) is 7.52. The second-order valence-corrected chi connectivity index (χ2v) is 5.22. The molecule has 0 aliphatic carbocycles. The Morgan fingerprint density at radius 1 is 1.47 bits per heavy atom. The van der Waals surface area contributed by atoms with E-state index in [0.717, 1.165) is 11.3 Å². The molecule has 2 aromatic rings. The van der Waals surface area contributed by atoms with Crippen molar-refractivity contribution in [2.24, 2.45) is 10.9 Å². The molecule has 0 aliphatic rings. The first kappa shape index (κ1) is 13.5. The van der Waals surface area contributed by atoms with E-state index in [1.54, 1.807) is 6.26 Å². The first-order valence-corrected chi connectivity index (χ1v) is 6.67. The van der Waals surface area contributed by atoms with Crippen LogP contribution in [0.15, 0.2) is 51.4 Å². The molecule has 1 heterocycles. The third-order valence-corrected chi connectivity index (χ3v) is 3.65. The normalized spacial score (nSPS) is 13.4. The van der Waals surface area contributed by atoms with Crippen LogP contribution in [0.5, 0.6) is 0 Å². The second kappa shape index (κ2) is 6.29. The molecule has 2 rings (SSSR count). The molecule has 0 bridgehead atoms. The van der Waals surface area contributed by atoms with Crippen LogP contribution in [0.3, 0.4) is 0 Å². The molecule has 5 nitrogen and oxygen atoms in total. The molecule has 6 heteroatoms. The molecule has 3 N–H and O–H groups in total. The molecule has 1 atom stereocenters. The van der Waals surface area contributed by atoms with Gasteiger partial charge in [-0.3, -0.25) is 0 Å². The van der Waals surface area contributed by atoms with E-state index in [0.29, 0.717) is 11.6 Å². The number of aromatic nitrogens is 1. The molecular weight excluding hydrogens is 262 g/mol. The van der Waals surface area contributed by atoms with Gasteiger partial charge in [0.25, 0.3) is 5.22 Å². The summed E-state index contributed by atoms with van der Waals surface area (Å²) in [6, 6.07) is 9.85. The fraction of sp³-hybridized carbons (Fsp3) is 0.231. The van der Waals surface area contributed by atoms with Gasteiger partial charge in [-0.05, 0) is 12.5 Å². The number of rotatable bonds is 5. The minimum Gasteiger partial charge on any atom is -0.440 e. The zero-order chi connectivity index (χ0) is 13.7. The number of thioether (sulfide) groups is 1. The maximum Gasteiger partial charge on any atom is 0.256 e. The topological polar surface area (TPSA) is 84.6 Å². The van der Waals surface area contributed by atoms with Crippen LogP contribution in [0.25, 0.3) is 0 Å². The van der Waals surface area contributed by atoms with Crippen molar-refractivity contribution in [1.82, 2.24) is 4.98 Å². The number of oxime groups is 1. The predicted octanol–water partition coefficient (Wildman–Crippen LogP) is 2.95. The third-order valence-electron chi connectivity index (χ3n) is 2.54. The van der Waals surface area contributed by atoms with Crippen molar-refractivity contribution in [3.05, 3.63) is 47.9 Å². The number of oxazole rings is 1. The van der Waals surface area contributed by atoms with E-state index in [9.17, 15) is 0 Å². The van der Waals surface area contributed by atoms with E-state index in [1.165, 1.54) is 11.8 Å². The summed E-state index contributed by atoms with van der Waals surface area (Å²) in [4.78, 5) is 4.26. The van der Waals surface area contributed by atoms with Gasteiger partial charge in [0.2, 0.25) is 0 Å². The first-order chi connectivity index (χ1) is 9.19. The summed E-state index contributed by atoms with van der Waals surface area (Å²) >= 11 is 1.46. The van der Waals surface area contributed by atoms with Crippen LogP contribution >= 0.6 is 11.8 Å². The van der Waals surface area contributed by atoms with Gasteiger partial charge in [0.15, 0.2) is 0 Å². The van der Waals surface area contributed by atoms with Crippen molar-refractivity contribution in [1.29, 1.82) is 0 Å². The van der Waals surface area contributed by atoms with Crippen LogP contribution in [0, 0.1) is 6.92 Å². The minimum absolute atomic E-state index is 0.00449. The van der Waals surface area contributed by atoms with E-state index in [1.807, 2.05) is 37.3 Å². The monoisotopic (exact) mass is 277 g/mol. The molecular formula is C13H15N3O2S. The third kappa shape index (κ3) is 3.75. The van der Waals surface area contributed by atoms with Gasteiger partial charge in [-0.1, -0.05) is 47.2 Å². The maximum atomic E-state index is 8.72. The summed E-state index contributed by atoms with van der Waals surface area (Å²) < 4.78 is 5.34. The number of amidine groups is 1. The fourth-order valence-corrected chi connectivity index (χ4v) is 2.73. The Balaban J connectivity index is 2.19. The van der Waals surface area contributed by atoms with Crippen LogP contribution in [-0.4, -0.2) is 16.0 Å². The smallest absolute Gasteiger partial charge is 0.256 e. The van der Waals surface area contributed by atoms with Gasteiger partial charge < -0.3 is 15.4 Å². The Kier molecular flexibility index (Phi) is 4.46. The largest absolute Gasteiger partial charge is 0.440 e. The van der Waals surface area contributed by atoms with E-state index in [-0.39, 0.29) is 11.1 Å². The summed E-state index contributed by atoms with van der Waals surface area (Å²) in [6.07, 6.45) is 2.03. The van der Waals surface area contributed by atoms with E-state index in [4.69, 9.17) is 15.4 Å². The highest BCUT2D eigenvalue weighted by Gasteiger charge is 2.18. The molecule has 0 aliphatic heterocycles. The molecule has 19 heavy (non-hydrogen) atoms. The van der Waals surface area contributed by atoms with Gasteiger partial charge in [-0.25, -0.2) is 4.98 Å². The van der Waals surface area contributed by atoms with Gasteiger partial charge >= 0.3 is 0 Å². The fourth-order valence-electron chi connectivity index (χ4n) is 1.63. The maximum absolute atomic E-state index is 8.72. The van der Waals surface area contributed by atoms with Crippen molar-refractivity contribution in [2.45, 2.75) is 23.8 Å². The number of benzene rings is 1. The van der Waals surface area contributed by atoms with Gasteiger partial charge in [0.05, 0.1) is 5.69 Å². The van der Waals surface area contributed by atoms with Gasteiger partial charge in [-0.15, -0.1) is 0 Å². The van der Waals surface area contributed by atoms with Crippen LogP contribution in [0.1, 0.15) is 22.9 Å². The molecule has 0 amide bonds. The average molecular weight is 277 g/mol. The van der Waals surface area contributed by atoms with E-state index >= 15 is 0 Å². The van der Waals surface area contributed by atoms with Crippen molar-refractivity contribution < 1.29 is 9.62 Å². The molecule has 0 spiro atoms. The van der Waals surface area contributed by atoms with Crippen molar-refractivity contribution in [2.75, 3.05) is 0 Å². The number of nitrogens with zero attached hydrogens (tertiary/aromatic N) is 2. The molecule has 0 radical (unpaired) electrons. The quantitative estimate of drug-likeness (QED) is 0.288. The standard InChI is InChI=1S/C13H15N3O2S/c1-9-8-18-13(15-9)19-11(7-12(14)16-17)10-5-3-2-4-6-10/h2-6,8,11,17H,7H2,1H3,(H2,14,16). The first-order valence-electron chi connectivity index (χ1n) is 5.79. The number of aryl methyl sites for hydroxylation is 1. The number of nitrogens with two attached hydrogens (primary N) is 1. The lowest BCUT2D eigenvalue weighted by molar-refractivity contribution is 0.317. The molecule has 1 aromatic heterocycles. The Morgan fingerprint density at radius 3 is 2.79 bits per heavy atom. The SMILES string of the molecule is Cc1coc(SC(C/C(N)=N/O)c2ccccc2)n1. The molecule has 0 saturated heterocycles. The molecule has 1 unspecified atom stereocenters. The van der Waals surface area contributed by atoms with Gasteiger partial charge in [0.1, 0.15) is 12.1 Å². The van der Waals surface area contributed by atoms with Gasteiger partial charge in [-0.2, -0.15) is 0 Å². The Hall–Kier alpha value is -1.95. The Labute approximate surface area is 115 Å². The number of hydrogen-bond acceptors (Lipinski definition) is 5. The number of hydrogen-bond donors (Lipinski definition) is 2. The van der Waals surface area contributed by atoms with E-state index in [2.05, 4.69) is 10.1 Å². The Bertz CT molecular complexity index is 554. The molecule has 1 aromatic carbocycles. The van der Waals surface area contributed by atoms with Crippen LogP contribution < -0.4 is 5.73 Å². The highest BCUT2D eigenvalue weighted by molar-refractivity contribution is 7.99. The predicted molar refractivity (Wildman–Crippen MR) is 74.3 cm³/mol.